The topological polar surface area (TPSA) is 67.8 Å². The second-order valence-corrected chi connectivity index (χ2v) is 4.79. The van der Waals surface area contributed by atoms with Crippen LogP contribution in [0.4, 0.5) is 0 Å². The summed E-state index contributed by atoms with van der Waals surface area (Å²) in [7, 11) is 0. The van der Waals surface area contributed by atoms with Crippen LogP contribution in [0.1, 0.15) is 23.6 Å². The van der Waals surface area contributed by atoms with Crippen LogP contribution >= 0.6 is 0 Å². The van der Waals surface area contributed by atoms with Crippen molar-refractivity contribution in [2.75, 3.05) is 13.3 Å². The normalized spacial score (nSPS) is 25.4. The molecule has 2 unspecified atom stereocenters. The molecule has 1 saturated heterocycles. The number of nitrogens with one attached hydrogen (secondary N) is 1. The summed E-state index contributed by atoms with van der Waals surface area (Å²) in [5, 5.41) is 12.3. The van der Waals surface area contributed by atoms with Crippen LogP contribution in [0.15, 0.2) is 12.1 Å². The molecule has 5 nitrogen and oxygen atoms in total. The summed E-state index contributed by atoms with van der Waals surface area (Å²) in [6, 6.07) is 3.99. The average molecular weight is 249 g/mol. The largest absolute Gasteiger partial charge is 0.481 e. The SMILES string of the molecule is Cc1cc2c(cc1C1CC(C(=O)O)CN1)OCO2. The number of rotatable bonds is 2. The van der Waals surface area contributed by atoms with Gasteiger partial charge in [0.15, 0.2) is 11.5 Å². The number of carboxylic acids is 1. The molecule has 1 aromatic rings. The van der Waals surface area contributed by atoms with Crippen molar-refractivity contribution in [2.45, 2.75) is 19.4 Å². The first kappa shape index (κ1) is 11.3. The maximum absolute atomic E-state index is 11.0. The first-order valence-electron chi connectivity index (χ1n) is 6.01. The van der Waals surface area contributed by atoms with Gasteiger partial charge < -0.3 is 19.9 Å². The number of hydrogen-bond acceptors (Lipinski definition) is 4. The molecule has 5 heteroatoms. The van der Waals surface area contributed by atoms with Gasteiger partial charge in [-0.1, -0.05) is 0 Å². The molecule has 1 fully saturated rings. The zero-order valence-corrected chi connectivity index (χ0v) is 10.1. The Labute approximate surface area is 105 Å². The molecule has 0 saturated carbocycles. The van der Waals surface area contributed by atoms with Gasteiger partial charge in [0.2, 0.25) is 6.79 Å². The second kappa shape index (κ2) is 4.17. The number of aliphatic carboxylic acids is 1. The molecule has 0 amide bonds. The van der Waals surface area contributed by atoms with Crippen LogP contribution in [0, 0.1) is 12.8 Å². The van der Waals surface area contributed by atoms with E-state index in [0.29, 0.717) is 13.0 Å². The predicted octanol–water partition coefficient (Wildman–Crippen LogP) is 1.46. The van der Waals surface area contributed by atoms with Crippen LogP contribution in [0.3, 0.4) is 0 Å². The van der Waals surface area contributed by atoms with Gasteiger partial charge in [-0.2, -0.15) is 0 Å². The summed E-state index contributed by atoms with van der Waals surface area (Å²) in [6.45, 7) is 2.79. The standard InChI is InChI=1S/C13H15NO4/c1-7-2-11-12(18-6-17-11)4-9(7)10-3-8(5-14-10)13(15)16/h2,4,8,10,14H,3,5-6H2,1H3,(H,15,16). The monoisotopic (exact) mass is 249 g/mol. The molecule has 2 heterocycles. The number of ether oxygens (including phenoxy) is 2. The Morgan fingerprint density at radius 1 is 1.39 bits per heavy atom. The Bertz CT molecular complexity index is 500. The minimum Gasteiger partial charge on any atom is -0.481 e. The van der Waals surface area contributed by atoms with Crippen molar-refractivity contribution in [3.63, 3.8) is 0 Å². The number of benzene rings is 1. The van der Waals surface area contributed by atoms with Crippen LogP contribution in [-0.4, -0.2) is 24.4 Å². The van der Waals surface area contributed by atoms with Gasteiger partial charge in [0.1, 0.15) is 0 Å². The number of hydrogen-bond donors (Lipinski definition) is 2. The lowest BCUT2D eigenvalue weighted by Gasteiger charge is -2.14. The molecule has 0 aliphatic carbocycles. The number of aryl methyl sites for hydroxylation is 1. The summed E-state index contributed by atoms with van der Waals surface area (Å²) in [5.74, 6) is 0.475. The molecule has 2 aliphatic heterocycles. The second-order valence-electron chi connectivity index (χ2n) is 4.79. The van der Waals surface area contributed by atoms with Gasteiger partial charge in [-0.25, -0.2) is 0 Å². The summed E-state index contributed by atoms with van der Waals surface area (Å²) < 4.78 is 10.7. The zero-order valence-electron chi connectivity index (χ0n) is 10.1. The van der Waals surface area contributed by atoms with E-state index < -0.39 is 5.97 Å². The molecule has 0 spiro atoms. The fourth-order valence-electron chi connectivity index (χ4n) is 2.60. The van der Waals surface area contributed by atoms with Gasteiger partial charge >= 0.3 is 5.97 Å². The molecule has 96 valence electrons. The first-order chi connectivity index (χ1) is 8.65. The molecule has 0 radical (unpaired) electrons. The molecule has 3 rings (SSSR count). The lowest BCUT2D eigenvalue weighted by molar-refractivity contribution is -0.141. The Balaban J connectivity index is 1.87. The van der Waals surface area contributed by atoms with E-state index in [-0.39, 0.29) is 18.8 Å². The lowest BCUT2D eigenvalue weighted by Crippen LogP contribution is -2.17. The molecule has 2 aliphatic rings. The van der Waals surface area contributed by atoms with Crippen LogP contribution in [0.5, 0.6) is 11.5 Å². The van der Waals surface area contributed by atoms with E-state index in [1.54, 1.807) is 0 Å². The predicted molar refractivity (Wildman–Crippen MR) is 63.8 cm³/mol. The minimum atomic E-state index is -0.733. The Hall–Kier alpha value is -1.75. The Kier molecular flexibility index (Phi) is 2.63. The maximum Gasteiger partial charge on any atom is 0.307 e. The van der Waals surface area contributed by atoms with Crippen molar-refractivity contribution in [3.05, 3.63) is 23.3 Å². The van der Waals surface area contributed by atoms with Crippen molar-refractivity contribution in [1.82, 2.24) is 5.32 Å². The first-order valence-corrected chi connectivity index (χ1v) is 6.01. The fourth-order valence-corrected chi connectivity index (χ4v) is 2.60. The van der Waals surface area contributed by atoms with Crippen LogP contribution in [-0.2, 0) is 4.79 Å². The highest BCUT2D eigenvalue weighted by Gasteiger charge is 2.31. The Morgan fingerprint density at radius 2 is 2.11 bits per heavy atom. The summed E-state index contributed by atoms with van der Waals surface area (Å²) in [4.78, 5) is 11.0. The van der Waals surface area contributed by atoms with Crippen molar-refractivity contribution in [1.29, 1.82) is 0 Å². The molecular weight excluding hydrogens is 234 g/mol. The maximum atomic E-state index is 11.0. The highest BCUT2D eigenvalue weighted by atomic mass is 16.7. The summed E-state index contributed by atoms with van der Waals surface area (Å²) in [6.07, 6.45) is 0.621. The van der Waals surface area contributed by atoms with Crippen molar-refractivity contribution in [2.24, 2.45) is 5.92 Å². The third kappa shape index (κ3) is 1.80. The van der Waals surface area contributed by atoms with Gasteiger partial charge in [0.25, 0.3) is 0 Å². The average Bonchev–Trinajstić information content (AvgIpc) is 2.94. The molecular formula is C13H15NO4. The summed E-state index contributed by atoms with van der Waals surface area (Å²) in [5.41, 5.74) is 2.20. The molecule has 2 atom stereocenters. The third-order valence-corrected chi connectivity index (χ3v) is 3.62. The van der Waals surface area contributed by atoms with Gasteiger partial charge in [-0.3, -0.25) is 4.79 Å². The minimum absolute atomic E-state index is 0.0839. The summed E-state index contributed by atoms with van der Waals surface area (Å²) >= 11 is 0. The lowest BCUT2D eigenvalue weighted by atomic mass is 9.96. The van der Waals surface area contributed by atoms with E-state index >= 15 is 0 Å². The molecule has 0 bridgehead atoms. The highest BCUT2D eigenvalue weighted by molar-refractivity contribution is 5.71. The Morgan fingerprint density at radius 3 is 2.78 bits per heavy atom. The molecule has 18 heavy (non-hydrogen) atoms. The highest BCUT2D eigenvalue weighted by Crippen LogP contribution is 2.39. The van der Waals surface area contributed by atoms with Crippen molar-refractivity contribution < 1.29 is 19.4 Å². The molecule has 2 N–H and O–H groups in total. The van der Waals surface area contributed by atoms with E-state index in [1.165, 1.54) is 0 Å². The van der Waals surface area contributed by atoms with Gasteiger partial charge in [-0.05, 0) is 36.6 Å². The van der Waals surface area contributed by atoms with Crippen molar-refractivity contribution in [3.8, 4) is 11.5 Å². The number of fused-ring (bicyclic) bond motifs is 1. The third-order valence-electron chi connectivity index (χ3n) is 3.62. The van der Waals surface area contributed by atoms with E-state index in [0.717, 1.165) is 22.6 Å². The number of carboxylic acid groups (broad SMARTS) is 1. The van der Waals surface area contributed by atoms with Crippen LogP contribution < -0.4 is 14.8 Å². The molecule has 0 aromatic heterocycles. The zero-order chi connectivity index (χ0) is 12.7. The van der Waals surface area contributed by atoms with E-state index in [9.17, 15) is 4.79 Å². The van der Waals surface area contributed by atoms with E-state index in [1.807, 2.05) is 19.1 Å². The van der Waals surface area contributed by atoms with Crippen molar-refractivity contribution >= 4 is 5.97 Å². The van der Waals surface area contributed by atoms with Gasteiger partial charge in [0, 0.05) is 12.6 Å². The van der Waals surface area contributed by atoms with Gasteiger partial charge in [0.05, 0.1) is 5.92 Å². The number of carbonyl (C=O) groups is 1. The van der Waals surface area contributed by atoms with Gasteiger partial charge in [-0.15, -0.1) is 0 Å². The smallest absolute Gasteiger partial charge is 0.307 e. The van der Waals surface area contributed by atoms with E-state index in [2.05, 4.69) is 5.32 Å². The van der Waals surface area contributed by atoms with Crippen LogP contribution in [0.25, 0.3) is 0 Å². The fraction of sp³-hybridized carbons (Fsp3) is 0.462. The quantitative estimate of drug-likeness (QED) is 0.830. The van der Waals surface area contributed by atoms with E-state index in [4.69, 9.17) is 14.6 Å². The van der Waals surface area contributed by atoms with Crippen LogP contribution in [0.2, 0.25) is 0 Å². The molecule has 1 aromatic carbocycles.